The predicted octanol–water partition coefficient (Wildman–Crippen LogP) is 0.922. The molecule has 0 aliphatic heterocycles. The summed E-state index contributed by atoms with van der Waals surface area (Å²) in [4.78, 5) is 21.9. The number of rotatable bonds is 4. The average molecular weight is 219 g/mol. The second-order valence-corrected chi connectivity index (χ2v) is 4.74. The minimum Gasteiger partial charge on any atom is -0.480 e. The molecule has 1 atom stereocenters. The van der Waals surface area contributed by atoms with Gasteiger partial charge in [-0.15, -0.1) is 0 Å². The highest BCUT2D eigenvalue weighted by Gasteiger charge is 2.21. The fraction of sp³-hybridized carbons (Fsp3) is 0.778. The monoisotopic (exact) mass is 219 g/mol. The maximum Gasteiger partial charge on any atom is 0.327 e. The van der Waals surface area contributed by atoms with Gasteiger partial charge in [0.05, 0.1) is 0 Å². The summed E-state index contributed by atoms with van der Waals surface area (Å²) in [6.45, 7) is 5.76. The Kier molecular flexibility index (Phi) is 4.97. The summed E-state index contributed by atoms with van der Waals surface area (Å²) in [5.74, 6) is -1.20. The minimum atomic E-state index is -1.05. The van der Waals surface area contributed by atoms with Crippen LogP contribution in [0.2, 0.25) is 0 Å². The Morgan fingerprint density at radius 2 is 1.93 bits per heavy atom. The zero-order chi connectivity index (χ0) is 11.4. The summed E-state index contributed by atoms with van der Waals surface area (Å²) in [6, 6.07) is -0.895. The van der Waals surface area contributed by atoms with Crippen molar-refractivity contribution in [2.75, 3.05) is 5.75 Å². The molecule has 0 heterocycles. The van der Waals surface area contributed by atoms with Gasteiger partial charge in [-0.25, -0.2) is 4.79 Å². The Bertz CT molecular complexity index is 223. The number of aliphatic carboxylic acids is 1. The topological polar surface area (TPSA) is 66.4 Å². The molecule has 0 bridgehead atoms. The van der Waals surface area contributed by atoms with Crippen LogP contribution in [0.1, 0.15) is 27.2 Å². The van der Waals surface area contributed by atoms with Crippen LogP contribution in [-0.2, 0) is 9.59 Å². The molecule has 2 N–H and O–H groups in total. The number of carboxylic acid groups (broad SMARTS) is 1. The molecular weight excluding hydrogens is 202 g/mol. The lowest BCUT2D eigenvalue weighted by Crippen LogP contribution is -2.43. The lowest BCUT2D eigenvalue weighted by molar-refractivity contribution is -0.141. The van der Waals surface area contributed by atoms with Gasteiger partial charge in [0, 0.05) is 12.2 Å². The molecule has 82 valence electrons. The van der Waals surface area contributed by atoms with Crippen LogP contribution in [0, 0.1) is 5.41 Å². The van der Waals surface area contributed by atoms with E-state index in [2.05, 4.69) is 17.9 Å². The van der Waals surface area contributed by atoms with Gasteiger partial charge in [0.25, 0.3) is 0 Å². The summed E-state index contributed by atoms with van der Waals surface area (Å²) in [5.41, 5.74) is -0.135. The van der Waals surface area contributed by atoms with Gasteiger partial charge in [-0.05, 0) is 5.41 Å². The molecule has 0 aromatic rings. The van der Waals surface area contributed by atoms with E-state index in [1.54, 1.807) is 0 Å². The number of carbonyl (C=O) groups excluding carboxylic acids is 1. The van der Waals surface area contributed by atoms with Crippen molar-refractivity contribution in [1.82, 2.24) is 5.32 Å². The number of nitrogens with one attached hydrogen (secondary N) is 1. The maximum atomic E-state index is 11.3. The smallest absolute Gasteiger partial charge is 0.327 e. The first-order chi connectivity index (χ1) is 6.26. The van der Waals surface area contributed by atoms with E-state index < -0.39 is 12.0 Å². The highest BCUT2D eigenvalue weighted by atomic mass is 32.1. The van der Waals surface area contributed by atoms with Gasteiger partial charge < -0.3 is 10.4 Å². The number of thiol groups is 1. The number of hydrogen-bond acceptors (Lipinski definition) is 3. The van der Waals surface area contributed by atoms with Gasteiger partial charge in [0.1, 0.15) is 6.04 Å². The summed E-state index contributed by atoms with van der Waals surface area (Å²) in [5, 5.41) is 11.1. The van der Waals surface area contributed by atoms with Crippen LogP contribution in [0.25, 0.3) is 0 Å². The predicted molar refractivity (Wildman–Crippen MR) is 57.5 cm³/mol. The first-order valence-corrected chi connectivity index (χ1v) is 5.02. The van der Waals surface area contributed by atoms with Gasteiger partial charge in [0.2, 0.25) is 5.91 Å². The summed E-state index contributed by atoms with van der Waals surface area (Å²) < 4.78 is 0. The lowest BCUT2D eigenvalue weighted by atomic mass is 9.92. The summed E-state index contributed by atoms with van der Waals surface area (Å²) in [6.07, 6.45) is 0.310. The van der Waals surface area contributed by atoms with Crippen LogP contribution >= 0.6 is 12.6 Å². The molecule has 0 radical (unpaired) electrons. The van der Waals surface area contributed by atoms with E-state index in [1.165, 1.54) is 0 Å². The molecule has 4 nitrogen and oxygen atoms in total. The van der Waals surface area contributed by atoms with Crippen molar-refractivity contribution in [1.29, 1.82) is 0 Å². The highest BCUT2D eigenvalue weighted by Crippen LogP contribution is 2.17. The van der Waals surface area contributed by atoms with Gasteiger partial charge in [-0.1, -0.05) is 20.8 Å². The van der Waals surface area contributed by atoms with Gasteiger partial charge in [0.15, 0.2) is 0 Å². The normalized spacial score (nSPS) is 13.4. The first-order valence-electron chi connectivity index (χ1n) is 4.39. The second-order valence-electron chi connectivity index (χ2n) is 4.38. The molecule has 0 aromatic carbocycles. The lowest BCUT2D eigenvalue weighted by Gasteiger charge is -2.19. The Hall–Kier alpha value is -0.710. The van der Waals surface area contributed by atoms with Crippen molar-refractivity contribution in [2.45, 2.75) is 33.2 Å². The molecule has 1 amide bonds. The molecule has 0 fully saturated rings. The van der Waals surface area contributed by atoms with E-state index in [1.807, 2.05) is 20.8 Å². The van der Waals surface area contributed by atoms with Crippen LogP contribution < -0.4 is 5.32 Å². The minimum absolute atomic E-state index is 0.102. The molecule has 0 spiro atoms. The largest absolute Gasteiger partial charge is 0.480 e. The SMILES string of the molecule is CC(C)(C)CC(=O)N[C@@H](CS)C(=O)O. The molecule has 0 saturated heterocycles. The number of hydrogen-bond donors (Lipinski definition) is 3. The average Bonchev–Trinajstić information content (AvgIpc) is 1.96. The molecule has 5 heteroatoms. The van der Waals surface area contributed by atoms with Crippen LogP contribution in [0.15, 0.2) is 0 Å². The Balaban J connectivity index is 4.11. The highest BCUT2D eigenvalue weighted by molar-refractivity contribution is 7.80. The van der Waals surface area contributed by atoms with Crippen molar-refractivity contribution in [3.63, 3.8) is 0 Å². The van der Waals surface area contributed by atoms with Gasteiger partial charge >= 0.3 is 5.97 Å². The molecule has 0 aliphatic carbocycles. The quantitative estimate of drug-likeness (QED) is 0.616. The zero-order valence-corrected chi connectivity index (χ0v) is 9.60. The van der Waals surface area contributed by atoms with Crippen molar-refractivity contribution >= 4 is 24.5 Å². The van der Waals surface area contributed by atoms with E-state index in [0.29, 0.717) is 6.42 Å². The number of amides is 1. The molecule has 0 rings (SSSR count). The summed E-state index contributed by atoms with van der Waals surface area (Å²) >= 11 is 3.85. The Labute approximate surface area is 89.5 Å². The Morgan fingerprint density at radius 3 is 2.21 bits per heavy atom. The van der Waals surface area contributed by atoms with Crippen LogP contribution in [0.5, 0.6) is 0 Å². The van der Waals surface area contributed by atoms with Crippen molar-refractivity contribution in [2.24, 2.45) is 5.41 Å². The molecule has 0 saturated carbocycles. The maximum absolute atomic E-state index is 11.3. The van der Waals surface area contributed by atoms with Crippen molar-refractivity contribution < 1.29 is 14.7 Å². The van der Waals surface area contributed by atoms with Crippen LogP contribution in [0.3, 0.4) is 0 Å². The van der Waals surface area contributed by atoms with Crippen LogP contribution in [-0.4, -0.2) is 28.8 Å². The van der Waals surface area contributed by atoms with E-state index in [0.717, 1.165) is 0 Å². The molecule has 0 unspecified atom stereocenters. The van der Waals surface area contributed by atoms with Gasteiger partial charge in [-0.3, -0.25) is 4.79 Å². The van der Waals surface area contributed by atoms with Crippen molar-refractivity contribution in [3.05, 3.63) is 0 Å². The standard InChI is InChI=1S/C9H17NO3S/c1-9(2,3)4-7(11)10-6(5-14)8(12)13/h6,14H,4-5H2,1-3H3,(H,10,11)(H,12,13)/t6-/m0/s1. The van der Waals surface area contributed by atoms with E-state index >= 15 is 0 Å². The zero-order valence-electron chi connectivity index (χ0n) is 8.70. The van der Waals surface area contributed by atoms with Gasteiger partial charge in [-0.2, -0.15) is 12.6 Å². The third-order valence-corrected chi connectivity index (χ3v) is 1.87. The summed E-state index contributed by atoms with van der Waals surface area (Å²) in [7, 11) is 0. The number of carboxylic acids is 1. The first kappa shape index (κ1) is 13.3. The van der Waals surface area contributed by atoms with E-state index in [9.17, 15) is 9.59 Å². The molecule has 14 heavy (non-hydrogen) atoms. The fourth-order valence-corrected chi connectivity index (χ4v) is 1.16. The third kappa shape index (κ3) is 5.85. The third-order valence-electron chi connectivity index (χ3n) is 1.51. The number of carbonyl (C=O) groups is 2. The molecule has 0 aromatic heterocycles. The van der Waals surface area contributed by atoms with E-state index in [-0.39, 0.29) is 17.1 Å². The second kappa shape index (κ2) is 5.24. The van der Waals surface area contributed by atoms with Crippen LogP contribution in [0.4, 0.5) is 0 Å². The Morgan fingerprint density at radius 1 is 1.43 bits per heavy atom. The van der Waals surface area contributed by atoms with E-state index in [4.69, 9.17) is 5.11 Å². The molecule has 0 aliphatic rings. The molecular formula is C9H17NO3S. The fourth-order valence-electron chi connectivity index (χ4n) is 0.913. The van der Waals surface area contributed by atoms with Crippen molar-refractivity contribution in [3.8, 4) is 0 Å².